The van der Waals surface area contributed by atoms with Gasteiger partial charge in [-0.1, -0.05) is 101 Å². The number of unbranched alkanes of at least 4 members (excludes halogenated alkanes) is 10. The molecule has 80 heavy (non-hydrogen) atoms. The second-order valence-corrected chi connectivity index (χ2v) is 19.6. The molecule has 10 rings (SSSR count). The topological polar surface area (TPSA) is 89.3 Å². The number of halogens is 1. The zero-order valence-corrected chi connectivity index (χ0v) is 48.6. The van der Waals surface area contributed by atoms with Gasteiger partial charge in [-0.15, -0.1) is 17.0 Å². The number of methoxy groups -OCH3 is 4. The molecule has 0 bridgehead atoms. The molecule has 6 aromatic carbocycles. The normalized spacial score (nSPS) is 10.8. The first-order valence-corrected chi connectivity index (χ1v) is 27.8. The number of rotatable bonds is 24. The molecule has 0 aliphatic rings. The van der Waals surface area contributed by atoms with Gasteiger partial charge in [0.05, 0.1) is 51.2 Å². The molecular formula is C69H74BrN6O4+. The molecule has 410 valence electrons. The van der Waals surface area contributed by atoms with E-state index in [0.29, 0.717) is 0 Å². The Morgan fingerprint density at radius 1 is 0.362 bits per heavy atom. The van der Waals surface area contributed by atoms with Crippen LogP contribution in [0.25, 0.3) is 79.2 Å². The van der Waals surface area contributed by atoms with Crippen LogP contribution in [-0.2, 0) is 6.54 Å². The van der Waals surface area contributed by atoms with Crippen molar-refractivity contribution in [2.45, 2.75) is 84.1 Å². The number of imidazole rings is 2. The highest BCUT2D eigenvalue weighted by atomic mass is 79.9. The van der Waals surface area contributed by atoms with E-state index < -0.39 is 0 Å². The second kappa shape index (κ2) is 29.6. The van der Waals surface area contributed by atoms with Crippen LogP contribution >= 0.6 is 17.0 Å². The molecule has 0 unspecified atom stereocenters. The summed E-state index contributed by atoms with van der Waals surface area (Å²) in [5, 5.41) is 0. The summed E-state index contributed by atoms with van der Waals surface area (Å²) in [5.74, 6) is 5.02. The minimum absolute atomic E-state index is 0. The van der Waals surface area contributed by atoms with Crippen LogP contribution in [0.3, 0.4) is 0 Å². The number of hydrogen-bond acceptors (Lipinski definition) is 7. The standard InChI is InChI=1S/C41H50N3O2.C28H23N3O2.BrH/c1-4-5-6-7-8-9-10-11-12-13-17-30-43-31-28-35(29-32-43)41-42-39(33-20-24-37(45-2)25-21-33)40(34-22-26-38(46-3)27-23-34)44(41)36-18-15-14-16-19-36;1-32-24-12-8-20(9-13-24)26-27(21-10-14-25(33-2)15-11-21)31(23-6-4-3-5-7-23)28(30-26)22-16-18-29-19-17-22;/h14-16,18-29,31-32H,4-13,17,30H2,1-3H3;3-19H,1-2H3;1H/q+1;;. The Bertz CT molecular complexity index is 3410. The molecule has 0 aliphatic carbocycles. The largest absolute Gasteiger partial charge is 0.497 e. The summed E-state index contributed by atoms with van der Waals surface area (Å²) < 4.78 is 28.5. The Hall–Kier alpha value is -8.28. The SMILES string of the molecule is Br.CCCCCCCCCCCCC[n+]1ccc(-c2nc(-c3ccc(OC)cc3)c(-c3ccc(OC)cc3)n2-c2ccccc2)cc1.COc1ccc(-c2nc(-c3ccncc3)n(-c3ccccc3)c2-c2ccc(OC)cc2)cc1. The van der Waals surface area contributed by atoms with Crippen LogP contribution in [0.15, 0.2) is 207 Å². The van der Waals surface area contributed by atoms with E-state index in [1.807, 2.05) is 91.0 Å². The molecule has 0 saturated heterocycles. The molecular weight excluding hydrogens is 1060 g/mol. The average molecular weight is 1130 g/mol. The molecule has 4 aromatic heterocycles. The summed E-state index contributed by atoms with van der Waals surface area (Å²) in [4.78, 5) is 14.7. The van der Waals surface area contributed by atoms with Gasteiger partial charge in [0, 0.05) is 75.7 Å². The zero-order valence-electron chi connectivity index (χ0n) is 46.8. The molecule has 11 heteroatoms. The zero-order chi connectivity index (χ0) is 54.6. The van der Waals surface area contributed by atoms with E-state index in [9.17, 15) is 0 Å². The number of aryl methyl sites for hydroxylation is 1. The van der Waals surface area contributed by atoms with Crippen LogP contribution in [0.2, 0.25) is 0 Å². The van der Waals surface area contributed by atoms with E-state index in [2.05, 4.69) is 129 Å². The highest BCUT2D eigenvalue weighted by Gasteiger charge is 2.25. The lowest BCUT2D eigenvalue weighted by Gasteiger charge is -2.14. The first kappa shape index (κ1) is 57.9. The molecule has 4 heterocycles. The van der Waals surface area contributed by atoms with Gasteiger partial charge >= 0.3 is 0 Å². The predicted molar refractivity (Wildman–Crippen MR) is 331 cm³/mol. The fraction of sp³-hybridized carbons (Fsp3) is 0.246. The second-order valence-electron chi connectivity index (χ2n) is 19.6. The number of aromatic nitrogens is 6. The summed E-state index contributed by atoms with van der Waals surface area (Å²) in [6.07, 6.45) is 22.9. The smallest absolute Gasteiger partial charge is 0.169 e. The third-order valence-corrected chi connectivity index (χ3v) is 14.3. The van der Waals surface area contributed by atoms with Crippen molar-refractivity contribution in [3.05, 3.63) is 207 Å². The maximum Gasteiger partial charge on any atom is 0.169 e. The molecule has 0 amide bonds. The lowest BCUT2D eigenvalue weighted by Crippen LogP contribution is -2.32. The van der Waals surface area contributed by atoms with Gasteiger partial charge in [-0.3, -0.25) is 14.1 Å². The van der Waals surface area contributed by atoms with Gasteiger partial charge in [-0.05, 0) is 140 Å². The van der Waals surface area contributed by atoms with Crippen LogP contribution in [0.1, 0.15) is 77.6 Å². The monoisotopic (exact) mass is 1130 g/mol. The van der Waals surface area contributed by atoms with Gasteiger partial charge in [0.1, 0.15) is 41.2 Å². The maximum absolute atomic E-state index is 5.48. The van der Waals surface area contributed by atoms with Gasteiger partial charge in [0.15, 0.2) is 12.4 Å². The van der Waals surface area contributed by atoms with Crippen LogP contribution in [-0.4, -0.2) is 52.5 Å². The summed E-state index contributed by atoms with van der Waals surface area (Å²) in [7, 11) is 6.74. The lowest BCUT2D eigenvalue weighted by molar-refractivity contribution is -0.697. The van der Waals surface area contributed by atoms with E-state index in [1.165, 1.54) is 70.6 Å². The molecule has 10 aromatic rings. The molecule has 0 N–H and O–H groups in total. The molecule has 0 spiro atoms. The van der Waals surface area contributed by atoms with Crippen molar-refractivity contribution in [3.8, 4) is 102 Å². The number of benzene rings is 6. The summed E-state index contributed by atoms with van der Waals surface area (Å²) >= 11 is 0. The fourth-order valence-electron chi connectivity index (χ4n) is 10.0. The van der Waals surface area contributed by atoms with Gasteiger partial charge in [0.2, 0.25) is 0 Å². The number of hydrogen-bond donors (Lipinski definition) is 0. The Morgan fingerprint density at radius 3 is 1.06 bits per heavy atom. The number of nitrogens with zero attached hydrogens (tertiary/aromatic N) is 6. The van der Waals surface area contributed by atoms with Crippen molar-refractivity contribution in [1.29, 1.82) is 0 Å². The number of ether oxygens (including phenoxy) is 4. The van der Waals surface area contributed by atoms with E-state index in [0.717, 1.165) is 109 Å². The van der Waals surface area contributed by atoms with E-state index in [1.54, 1.807) is 40.8 Å². The minimum Gasteiger partial charge on any atom is -0.497 e. The third-order valence-electron chi connectivity index (χ3n) is 14.3. The summed E-state index contributed by atoms with van der Waals surface area (Å²) in [5.41, 5.74) is 12.1. The van der Waals surface area contributed by atoms with E-state index >= 15 is 0 Å². The molecule has 0 atom stereocenters. The third kappa shape index (κ3) is 14.5. The van der Waals surface area contributed by atoms with Crippen LogP contribution < -0.4 is 23.5 Å². The average Bonchev–Trinajstić information content (AvgIpc) is 4.15. The molecule has 0 radical (unpaired) electrons. The van der Waals surface area contributed by atoms with Crippen molar-refractivity contribution in [1.82, 2.24) is 24.1 Å². The van der Waals surface area contributed by atoms with Crippen LogP contribution in [0.5, 0.6) is 23.0 Å². The summed E-state index contributed by atoms with van der Waals surface area (Å²) in [6, 6.07) is 61.6. The fourth-order valence-corrected chi connectivity index (χ4v) is 10.0. The molecule has 0 fully saturated rings. The Balaban J connectivity index is 0.000000218. The minimum atomic E-state index is 0. The quantitative estimate of drug-likeness (QED) is 0.0440. The van der Waals surface area contributed by atoms with Gasteiger partial charge in [0.25, 0.3) is 0 Å². The van der Waals surface area contributed by atoms with Crippen molar-refractivity contribution in [2.24, 2.45) is 0 Å². The first-order chi connectivity index (χ1) is 39.0. The lowest BCUT2D eigenvalue weighted by atomic mass is 10.0. The van der Waals surface area contributed by atoms with Crippen molar-refractivity contribution >= 4 is 17.0 Å². The van der Waals surface area contributed by atoms with Gasteiger partial charge in [-0.25, -0.2) is 14.5 Å². The Kier molecular flexibility index (Phi) is 21.4. The maximum atomic E-state index is 5.48. The van der Waals surface area contributed by atoms with Gasteiger partial charge < -0.3 is 18.9 Å². The molecule has 0 saturated carbocycles. The van der Waals surface area contributed by atoms with Crippen LogP contribution in [0.4, 0.5) is 0 Å². The number of pyridine rings is 2. The molecule has 10 nitrogen and oxygen atoms in total. The summed E-state index contributed by atoms with van der Waals surface area (Å²) in [6.45, 7) is 3.33. The highest BCUT2D eigenvalue weighted by Crippen LogP contribution is 2.41. The first-order valence-electron chi connectivity index (χ1n) is 27.8. The molecule has 0 aliphatic heterocycles. The number of para-hydroxylation sites is 2. The van der Waals surface area contributed by atoms with Gasteiger partial charge in [-0.2, -0.15) is 0 Å². The van der Waals surface area contributed by atoms with Crippen molar-refractivity contribution < 1.29 is 23.5 Å². The predicted octanol–water partition coefficient (Wildman–Crippen LogP) is 17.4. The van der Waals surface area contributed by atoms with Crippen molar-refractivity contribution in [2.75, 3.05) is 28.4 Å². The highest BCUT2D eigenvalue weighted by molar-refractivity contribution is 8.93. The van der Waals surface area contributed by atoms with Crippen LogP contribution in [0, 0.1) is 0 Å². The Labute approximate surface area is 483 Å². The Morgan fingerprint density at radius 2 is 0.700 bits per heavy atom. The van der Waals surface area contributed by atoms with Crippen molar-refractivity contribution in [3.63, 3.8) is 0 Å². The van der Waals surface area contributed by atoms with E-state index in [-0.39, 0.29) is 17.0 Å². The van der Waals surface area contributed by atoms with E-state index in [4.69, 9.17) is 28.9 Å².